The first-order valence-electron chi connectivity index (χ1n) is 15.9. The van der Waals surface area contributed by atoms with Crippen molar-refractivity contribution in [2.75, 3.05) is 0 Å². The third-order valence-electron chi connectivity index (χ3n) is 8.60. The summed E-state index contributed by atoms with van der Waals surface area (Å²) in [4.78, 5) is 0. The van der Waals surface area contributed by atoms with Crippen molar-refractivity contribution in [3.8, 4) is 16.8 Å². The molecule has 1 fully saturated rings. The van der Waals surface area contributed by atoms with Gasteiger partial charge in [0.15, 0.2) is 0 Å². The fourth-order valence-corrected chi connectivity index (χ4v) is 6.52. The summed E-state index contributed by atoms with van der Waals surface area (Å²) >= 11 is 1.74. The minimum absolute atomic E-state index is 0. The van der Waals surface area contributed by atoms with E-state index >= 15 is 0 Å². The van der Waals surface area contributed by atoms with E-state index < -0.39 is 0 Å². The number of para-hydroxylation sites is 2. The van der Waals surface area contributed by atoms with Crippen LogP contribution in [0.3, 0.4) is 0 Å². The third kappa shape index (κ3) is 7.45. The van der Waals surface area contributed by atoms with Crippen LogP contribution in [0.4, 0.5) is 0 Å². The van der Waals surface area contributed by atoms with Crippen molar-refractivity contribution >= 4 is 73.6 Å². The van der Waals surface area contributed by atoms with Crippen molar-refractivity contribution in [2.24, 2.45) is 0 Å². The van der Waals surface area contributed by atoms with Gasteiger partial charge in [0, 0.05) is 16.5 Å². The number of nitrogens with zero attached hydrogens (tertiary/aromatic N) is 1. The van der Waals surface area contributed by atoms with E-state index in [2.05, 4.69) is 164 Å². The zero-order chi connectivity index (χ0) is 30.9. The molecule has 9 rings (SSSR count). The number of benzene rings is 5. The van der Waals surface area contributed by atoms with E-state index in [1.807, 2.05) is 0 Å². The second-order valence-corrected chi connectivity index (χ2v) is 21.8. The van der Waals surface area contributed by atoms with Crippen molar-refractivity contribution in [2.45, 2.75) is 38.8 Å². The van der Waals surface area contributed by atoms with E-state index in [1.54, 1.807) is 23.3 Å². The molecule has 1 aliphatic carbocycles. The number of hydrogen-bond acceptors (Lipinski definition) is 0. The van der Waals surface area contributed by atoms with Gasteiger partial charge in [-0.3, -0.25) is 0 Å². The molecule has 5 heteroatoms. The molecule has 47 heavy (non-hydrogen) atoms. The largest absolute Gasteiger partial charge is 0.318 e. The van der Waals surface area contributed by atoms with Crippen LogP contribution in [0.5, 0.6) is 0 Å². The summed E-state index contributed by atoms with van der Waals surface area (Å²) in [5, 5.41) is 8.07. The van der Waals surface area contributed by atoms with Crippen LogP contribution in [0, 0.1) is 6.92 Å². The van der Waals surface area contributed by atoms with Crippen molar-refractivity contribution in [3.63, 3.8) is 0 Å². The molecule has 7 aromatic carbocycles. The monoisotopic (exact) mass is 745 g/mol. The SMILES string of the molecule is C[Si](C)=[Zr+2].Cc1cc2c(-c3ccccc3)cccc2[cH-]1.Cl.Cl.c1cc(-n2c3ccccc3c3ccccc32)c2cc(C3CC3)[cH-]c2c1. The molecular formula is C42H39Cl2NSiZr. The molecule has 0 bridgehead atoms. The molecule has 1 aromatic heterocycles. The summed E-state index contributed by atoms with van der Waals surface area (Å²) < 4.78 is 2.43. The molecule has 0 amide bonds. The maximum atomic E-state index is 2.43. The minimum Gasteiger partial charge on any atom is -0.318 e. The first-order valence-corrected chi connectivity index (χ1v) is 22.1. The normalized spacial score (nSPS) is 12.1. The van der Waals surface area contributed by atoms with Crippen LogP contribution in [0.2, 0.25) is 13.1 Å². The van der Waals surface area contributed by atoms with Gasteiger partial charge < -0.3 is 4.57 Å². The average Bonchev–Trinajstić information content (AvgIpc) is 3.55. The number of hydrogen-bond donors (Lipinski definition) is 0. The van der Waals surface area contributed by atoms with Crippen LogP contribution in [0.1, 0.15) is 29.9 Å². The Labute approximate surface area is 305 Å². The van der Waals surface area contributed by atoms with Gasteiger partial charge in [0.05, 0.1) is 11.0 Å². The molecule has 0 saturated heterocycles. The van der Waals surface area contributed by atoms with E-state index in [1.165, 1.54) is 84.1 Å². The summed E-state index contributed by atoms with van der Waals surface area (Å²) in [7, 11) is 0. The molecule has 0 N–H and O–H groups in total. The van der Waals surface area contributed by atoms with Crippen LogP contribution >= 0.6 is 24.8 Å². The molecule has 0 spiro atoms. The van der Waals surface area contributed by atoms with E-state index in [-0.39, 0.29) is 30.2 Å². The second-order valence-electron chi connectivity index (χ2n) is 12.4. The molecule has 1 nitrogen and oxygen atoms in total. The van der Waals surface area contributed by atoms with Crippen molar-refractivity contribution in [3.05, 3.63) is 151 Å². The van der Waals surface area contributed by atoms with Gasteiger partial charge in [-0.1, -0.05) is 91.3 Å². The predicted molar refractivity (Wildman–Crippen MR) is 208 cm³/mol. The molecular weight excluding hydrogens is 709 g/mol. The van der Waals surface area contributed by atoms with E-state index in [4.69, 9.17) is 0 Å². The van der Waals surface area contributed by atoms with Crippen LogP contribution < -0.4 is 0 Å². The van der Waals surface area contributed by atoms with Crippen LogP contribution in [0.25, 0.3) is 60.2 Å². The van der Waals surface area contributed by atoms with Gasteiger partial charge >= 0.3 is 41.9 Å². The Morgan fingerprint density at radius 3 is 1.79 bits per heavy atom. The van der Waals surface area contributed by atoms with Gasteiger partial charge in [0.2, 0.25) is 0 Å². The Hall–Kier alpha value is -3.20. The van der Waals surface area contributed by atoms with Gasteiger partial charge in [-0.15, -0.1) is 93.9 Å². The number of fused-ring (bicyclic) bond motifs is 5. The first kappa shape index (κ1) is 35.1. The Balaban J connectivity index is 0.000000171. The molecule has 0 unspecified atom stereocenters. The van der Waals surface area contributed by atoms with Crippen molar-refractivity contribution < 1.29 is 23.3 Å². The maximum Gasteiger partial charge on any atom is 0.0532 e. The second kappa shape index (κ2) is 15.3. The van der Waals surface area contributed by atoms with Gasteiger partial charge in [-0.25, -0.2) is 0 Å². The first-order chi connectivity index (χ1) is 22.0. The molecule has 1 aliphatic rings. The van der Waals surface area contributed by atoms with Gasteiger partial charge in [0.25, 0.3) is 0 Å². The molecule has 8 aromatic rings. The summed E-state index contributed by atoms with van der Waals surface area (Å²) in [6, 6.07) is 50.5. The summed E-state index contributed by atoms with van der Waals surface area (Å²) in [6.45, 7) is 6.76. The van der Waals surface area contributed by atoms with Gasteiger partial charge in [0.1, 0.15) is 0 Å². The zero-order valence-corrected chi connectivity index (χ0v) is 32.1. The summed E-state index contributed by atoms with van der Waals surface area (Å²) in [5.41, 5.74) is 9.53. The Bertz CT molecular complexity index is 2230. The molecule has 234 valence electrons. The van der Waals surface area contributed by atoms with Crippen LogP contribution in [-0.4, -0.2) is 10.0 Å². The minimum atomic E-state index is 0. The number of rotatable bonds is 3. The predicted octanol–water partition coefficient (Wildman–Crippen LogP) is 12.7. The number of aromatic nitrogens is 1. The average molecular weight is 748 g/mol. The molecule has 0 radical (unpaired) electrons. The van der Waals surface area contributed by atoms with Gasteiger partial charge in [-0.2, -0.15) is 12.1 Å². The molecule has 1 saturated carbocycles. The van der Waals surface area contributed by atoms with Gasteiger partial charge in [-0.05, 0) is 36.5 Å². The van der Waals surface area contributed by atoms with E-state index in [0.29, 0.717) is 0 Å². The summed E-state index contributed by atoms with van der Waals surface area (Å²) in [6.07, 6.45) is 2.70. The molecule has 1 heterocycles. The van der Waals surface area contributed by atoms with Crippen molar-refractivity contribution in [1.29, 1.82) is 0 Å². The van der Waals surface area contributed by atoms with Crippen LogP contribution in [0.15, 0.2) is 140 Å². The quantitative estimate of drug-likeness (QED) is 0.125. The molecule has 0 aliphatic heterocycles. The zero-order valence-electron chi connectivity index (χ0n) is 27.0. The smallest absolute Gasteiger partial charge is 0.0532 e. The number of halogens is 2. The van der Waals surface area contributed by atoms with E-state index in [9.17, 15) is 0 Å². The van der Waals surface area contributed by atoms with E-state index in [0.717, 1.165) is 5.92 Å². The fourth-order valence-electron chi connectivity index (χ4n) is 6.52. The molecule has 0 atom stereocenters. The van der Waals surface area contributed by atoms with Crippen molar-refractivity contribution in [1.82, 2.24) is 4.57 Å². The third-order valence-corrected chi connectivity index (χ3v) is 8.60. The summed E-state index contributed by atoms with van der Waals surface area (Å²) in [5.74, 6) is 0.790. The Morgan fingerprint density at radius 1 is 0.617 bits per heavy atom. The Morgan fingerprint density at radius 2 is 1.17 bits per heavy atom. The fraction of sp³-hybridized carbons (Fsp3) is 0.143. The Kier molecular flexibility index (Phi) is 11.5. The number of aryl methyl sites for hydroxylation is 1. The van der Waals surface area contributed by atoms with Crippen LogP contribution in [-0.2, 0) is 23.3 Å². The topological polar surface area (TPSA) is 4.93 Å². The maximum absolute atomic E-state index is 2.43. The standard InChI is InChI=1S/C24H18N.C16H13.C2H6Si.2ClH.Zr/c1-3-9-22-19(7-1)20-8-2-4-10-23(20)25(22)24-11-5-6-17-14-18(15-21(17)24)16-12-13-16;1-12-10-14-8-5-9-15(16(14)11-12)13-6-3-2-4-7-13;1-3-2;;;/h1-11,14-16H,12-13H2;2-11H,1H3;1-2H3;2*1H;/q2*-1;;;;+2.